The first-order valence-electron chi connectivity index (χ1n) is 11.8. The van der Waals surface area contributed by atoms with Gasteiger partial charge in [-0.1, -0.05) is 34.4 Å². The Bertz CT molecular complexity index is 1650. The predicted molar refractivity (Wildman–Crippen MR) is 141 cm³/mol. The lowest BCUT2D eigenvalue weighted by atomic mass is 10.0. The SMILES string of the molecule is O=C(O)c1ccc(Oc2cnc3cc(OCc4c(-c5c(Cl)cccc5Cl)noc4C4CC4)ccc3c2)nc1. The van der Waals surface area contributed by atoms with Crippen molar-refractivity contribution in [1.29, 1.82) is 0 Å². The standard InChI is InChI=1S/C28H19Cl2N3O5/c29-21-2-1-3-22(30)25(21)26-20(27(38-33-26)15-4-5-15)14-36-18-8-6-16-10-19(13-31-23(16)11-18)37-24-9-7-17(12-32-24)28(34)35/h1-3,6-13,15H,4-5,14H2,(H,34,35). The van der Waals surface area contributed by atoms with E-state index < -0.39 is 5.97 Å². The summed E-state index contributed by atoms with van der Waals surface area (Å²) in [6.07, 6.45) is 4.90. The number of hydrogen-bond acceptors (Lipinski definition) is 7. The third kappa shape index (κ3) is 4.88. The molecule has 2 aromatic carbocycles. The second-order valence-corrected chi connectivity index (χ2v) is 9.67. The molecule has 0 unspecified atom stereocenters. The van der Waals surface area contributed by atoms with Gasteiger partial charge in [-0.25, -0.2) is 9.78 Å². The second-order valence-electron chi connectivity index (χ2n) is 8.85. The molecule has 3 heterocycles. The van der Waals surface area contributed by atoms with Crippen molar-refractivity contribution in [3.63, 3.8) is 0 Å². The Balaban J connectivity index is 1.22. The molecule has 0 amide bonds. The molecule has 3 aromatic heterocycles. The highest BCUT2D eigenvalue weighted by Crippen LogP contribution is 2.46. The molecule has 8 nitrogen and oxygen atoms in total. The van der Waals surface area contributed by atoms with Gasteiger partial charge in [-0.15, -0.1) is 0 Å². The number of hydrogen-bond donors (Lipinski definition) is 1. The summed E-state index contributed by atoms with van der Waals surface area (Å²) in [6, 6.07) is 15.6. The molecule has 5 aromatic rings. The van der Waals surface area contributed by atoms with Gasteiger partial charge < -0.3 is 19.1 Å². The Morgan fingerprint density at radius 1 is 1.00 bits per heavy atom. The molecule has 1 aliphatic rings. The molecule has 1 N–H and O–H groups in total. The largest absolute Gasteiger partial charge is 0.489 e. The highest BCUT2D eigenvalue weighted by Gasteiger charge is 2.33. The Labute approximate surface area is 226 Å². The van der Waals surface area contributed by atoms with Gasteiger partial charge in [0.05, 0.1) is 32.9 Å². The number of rotatable bonds is 8. The van der Waals surface area contributed by atoms with Crippen LogP contribution in [0.15, 0.2) is 71.5 Å². The first kappa shape index (κ1) is 24.2. The Morgan fingerprint density at radius 2 is 1.82 bits per heavy atom. The topological polar surface area (TPSA) is 108 Å². The van der Waals surface area contributed by atoms with Crippen LogP contribution < -0.4 is 9.47 Å². The summed E-state index contributed by atoms with van der Waals surface area (Å²) in [5, 5.41) is 15.1. The van der Waals surface area contributed by atoms with Crippen molar-refractivity contribution < 1.29 is 23.9 Å². The van der Waals surface area contributed by atoms with E-state index in [1.54, 1.807) is 24.4 Å². The van der Waals surface area contributed by atoms with Crippen LogP contribution in [0.3, 0.4) is 0 Å². The molecule has 6 rings (SSSR count). The van der Waals surface area contributed by atoms with Gasteiger partial charge in [-0.3, -0.25) is 4.98 Å². The highest BCUT2D eigenvalue weighted by atomic mass is 35.5. The molecule has 1 fully saturated rings. The summed E-state index contributed by atoms with van der Waals surface area (Å²) in [7, 11) is 0. The molecule has 0 saturated heterocycles. The van der Waals surface area contributed by atoms with Gasteiger partial charge in [0, 0.05) is 35.2 Å². The van der Waals surface area contributed by atoms with Gasteiger partial charge in [0.1, 0.15) is 29.6 Å². The lowest BCUT2D eigenvalue weighted by molar-refractivity contribution is 0.0696. The highest BCUT2D eigenvalue weighted by molar-refractivity contribution is 6.39. The van der Waals surface area contributed by atoms with E-state index in [0.717, 1.165) is 29.6 Å². The van der Waals surface area contributed by atoms with Crippen LogP contribution in [0.4, 0.5) is 0 Å². The molecular weight excluding hydrogens is 529 g/mol. The van der Waals surface area contributed by atoms with Gasteiger partial charge in [0.2, 0.25) is 5.88 Å². The molecule has 1 aliphatic carbocycles. The monoisotopic (exact) mass is 547 g/mol. The van der Waals surface area contributed by atoms with Crippen LogP contribution in [0, 0.1) is 0 Å². The number of aromatic carboxylic acids is 1. The van der Waals surface area contributed by atoms with Crippen LogP contribution in [0.1, 0.15) is 40.4 Å². The fourth-order valence-electron chi connectivity index (χ4n) is 4.12. The number of nitrogens with zero attached hydrogens (tertiary/aromatic N) is 3. The van der Waals surface area contributed by atoms with Crippen molar-refractivity contribution in [2.75, 3.05) is 0 Å². The predicted octanol–water partition coefficient (Wildman–Crippen LogP) is 7.54. The molecule has 0 radical (unpaired) electrons. The van der Waals surface area contributed by atoms with Crippen LogP contribution in [-0.2, 0) is 6.61 Å². The third-order valence-electron chi connectivity index (χ3n) is 6.19. The number of carboxylic acid groups (broad SMARTS) is 1. The normalized spacial score (nSPS) is 13.0. The van der Waals surface area contributed by atoms with Gasteiger partial charge >= 0.3 is 5.97 Å². The van der Waals surface area contributed by atoms with E-state index in [1.807, 2.05) is 24.3 Å². The van der Waals surface area contributed by atoms with Crippen LogP contribution in [0.25, 0.3) is 22.2 Å². The van der Waals surface area contributed by atoms with Crippen molar-refractivity contribution in [1.82, 2.24) is 15.1 Å². The number of carbonyl (C=O) groups is 1. The summed E-state index contributed by atoms with van der Waals surface area (Å²) >= 11 is 12.9. The first-order valence-corrected chi connectivity index (χ1v) is 12.5. The molecule has 0 spiro atoms. The molecule has 0 bridgehead atoms. The zero-order chi connectivity index (χ0) is 26.2. The maximum absolute atomic E-state index is 11.0. The Hall–Kier alpha value is -4.14. The van der Waals surface area contributed by atoms with E-state index in [0.29, 0.717) is 44.2 Å². The van der Waals surface area contributed by atoms with Crippen molar-refractivity contribution in [2.24, 2.45) is 0 Å². The van der Waals surface area contributed by atoms with Gasteiger partial charge in [-0.05, 0) is 49.2 Å². The molecule has 10 heteroatoms. The van der Waals surface area contributed by atoms with E-state index >= 15 is 0 Å². The third-order valence-corrected chi connectivity index (χ3v) is 6.82. The minimum absolute atomic E-state index is 0.0825. The molecule has 38 heavy (non-hydrogen) atoms. The summed E-state index contributed by atoms with van der Waals surface area (Å²) in [5.41, 5.74) is 2.85. The van der Waals surface area contributed by atoms with Gasteiger partial charge in [0.15, 0.2) is 0 Å². The maximum Gasteiger partial charge on any atom is 0.337 e. The summed E-state index contributed by atoms with van der Waals surface area (Å²) in [6.45, 7) is 0.233. The maximum atomic E-state index is 11.0. The zero-order valence-corrected chi connectivity index (χ0v) is 21.2. The minimum Gasteiger partial charge on any atom is -0.489 e. The van der Waals surface area contributed by atoms with Crippen LogP contribution in [0.5, 0.6) is 17.4 Å². The minimum atomic E-state index is -1.05. The van der Waals surface area contributed by atoms with E-state index in [9.17, 15) is 4.79 Å². The zero-order valence-electron chi connectivity index (χ0n) is 19.7. The first-order chi connectivity index (χ1) is 18.5. The van der Waals surface area contributed by atoms with Crippen LogP contribution in [-0.4, -0.2) is 26.2 Å². The van der Waals surface area contributed by atoms with Crippen molar-refractivity contribution in [3.8, 4) is 28.6 Å². The van der Waals surface area contributed by atoms with E-state index in [4.69, 9.17) is 42.3 Å². The van der Waals surface area contributed by atoms with E-state index in [1.165, 1.54) is 18.3 Å². The van der Waals surface area contributed by atoms with Crippen molar-refractivity contribution in [2.45, 2.75) is 25.4 Å². The van der Waals surface area contributed by atoms with E-state index in [-0.39, 0.29) is 18.1 Å². The summed E-state index contributed by atoms with van der Waals surface area (Å²) < 4.78 is 17.6. The quantitative estimate of drug-likeness (QED) is 0.212. The van der Waals surface area contributed by atoms with Gasteiger partial charge in [0.25, 0.3) is 0 Å². The summed E-state index contributed by atoms with van der Waals surface area (Å²) in [5.74, 6) is 1.45. The Morgan fingerprint density at radius 3 is 2.53 bits per heavy atom. The molecule has 1 saturated carbocycles. The fraction of sp³-hybridized carbons (Fsp3) is 0.143. The lowest BCUT2D eigenvalue weighted by Crippen LogP contribution is -2.00. The summed E-state index contributed by atoms with van der Waals surface area (Å²) in [4.78, 5) is 19.5. The molecule has 190 valence electrons. The number of ether oxygens (including phenoxy) is 2. The average Bonchev–Trinajstić information content (AvgIpc) is 3.68. The molecule has 0 aliphatic heterocycles. The molecule has 0 atom stereocenters. The number of halogens is 2. The number of carboxylic acids is 1. The lowest BCUT2D eigenvalue weighted by Gasteiger charge is -2.10. The molecular formula is C28H19Cl2N3O5. The number of fused-ring (bicyclic) bond motifs is 1. The van der Waals surface area contributed by atoms with E-state index in [2.05, 4.69) is 15.1 Å². The van der Waals surface area contributed by atoms with Gasteiger partial charge in [-0.2, -0.15) is 0 Å². The Kier molecular flexibility index (Phi) is 6.35. The number of benzene rings is 2. The van der Waals surface area contributed by atoms with Crippen molar-refractivity contribution >= 4 is 40.1 Å². The number of pyridine rings is 2. The second kappa shape index (κ2) is 9.96. The number of aromatic nitrogens is 3. The fourth-order valence-corrected chi connectivity index (χ4v) is 4.69. The van der Waals surface area contributed by atoms with Crippen LogP contribution in [0.2, 0.25) is 10.0 Å². The average molecular weight is 548 g/mol. The van der Waals surface area contributed by atoms with Crippen molar-refractivity contribution in [3.05, 3.63) is 93.9 Å². The smallest absolute Gasteiger partial charge is 0.337 e. The van der Waals surface area contributed by atoms with Crippen LogP contribution >= 0.6 is 23.2 Å².